The van der Waals surface area contributed by atoms with Crippen molar-refractivity contribution in [2.45, 2.75) is 32.9 Å². The van der Waals surface area contributed by atoms with E-state index in [-0.39, 0.29) is 11.4 Å². The monoisotopic (exact) mass is 238 g/mol. The van der Waals surface area contributed by atoms with E-state index in [2.05, 4.69) is 31.1 Å². The normalized spacial score (nSPS) is 12.2. The predicted octanol–water partition coefficient (Wildman–Crippen LogP) is 3.32. The molecule has 2 aromatic rings. The van der Waals surface area contributed by atoms with Gasteiger partial charge in [0.05, 0.1) is 10.2 Å². The topological polar surface area (TPSA) is 24.9 Å². The van der Waals surface area contributed by atoms with Gasteiger partial charge < -0.3 is 5.32 Å². The number of halogens is 1. The van der Waals surface area contributed by atoms with Crippen molar-refractivity contribution >= 4 is 21.6 Å². The summed E-state index contributed by atoms with van der Waals surface area (Å²) in [7, 11) is 0. The highest BCUT2D eigenvalue weighted by Gasteiger charge is 2.10. The van der Waals surface area contributed by atoms with Crippen LogP contribution in [0.5, 0.6) is 0 Å². The number of thiazole rings is 1. The summed E-state index contributed by atoms with van der Waals surface area (Å²) in [4.78, 5) is 4.39. The first-order valence-electron chi connectivity index (χ1n) is 5.24. The van der Waals surface area contributed by atoms with E-state index in [1.807, 2.05) is 0 Å². The second-order valence-corrected chi connectivity index (χ2v) is 5.94. The highest BCUT2D eigenvalue weighted by atomic mass is 32.1. The fraction of sp³-hybridized carbons (Fsp3) is 0.417. The number of nitrogens with one attached hydrogen (secondary N) is 1. The molecule has 2 rings (SSSR count). The number of fused-ring (bicyclic) bond motifs is 1. The summed E-state index contributed by atoms with van der Waals surface area (Å²) < 4.78 is 14.0. The van der Waals surface area contributed by atoms with Gasteiger partial charge in [-0.1, -0.05) is 0 Å². The van der Waals surface area contributed by atoms with E-state index < -0.39 is 0 Å². The molecule has 0 aliphatic carbocycles. The van der Waals surface area contributed by atoms with Crippen LogP contribution in [0.3, 0.4) is 0 Å². The fourth-order valence-electron chi connectivity index (χ4n) is 1.36. The van der Waals surface area contributed by atoms with Crippen LogP contribution in [0, 0.1) is 5.82 Å². The van der Waals surface area contributed by atoms with Crippen LogP contribution in [0.1, 0.15) is 25.8 Å². The van der Waals surface area contributed by atoms with Crippen molar-refractivity contribution in [1.82, 2.24) is 10.3 Å². The van der Waals surface area contributed by atoms with E-state index in [1.54, 1.807) is 17.4 Å². The second kappa shape index (κ2) is 4.11. The standard InChI is InChI=1S/C12H15FN2S/c1-12(2,3)14-7-11-15-9-6-8(13)4-5-10(9)16-11/h4-6,14H,7H2,1-3H3. The molecule has 0 spiro atoms. The van der Waals surface area contributed by atoms with Gasteiger partial charge in [0.2, 0.25) is 0 Å². The third kappa shape index (κ3) is 2.77. The van der Waals surface area contributed by atoms with Crippen molar-refractivity contribution in [3.63, 3.8) is 0 Å². The fourth-order valence-corrected chi connectivity index (χ4v) is 2.25. The first-order chi connectivity index (χ1) is 7.44. The van der Waals surface area contributed by atoms with Gasteiger partial charge in [0.25, 0.3) is 0 Å². The average Bonchev–Trinajstić information content (AvgIpc) is 2.55. The molecule has 0 saturated carbocycles. The van der Waals surface area contributed by atoms with E-state index in [4.69, 9.17) is 0 Å². The van der Waals surface area contributed by atoms with E-state index in [0.29, 0.717) is 0 Å². The zero-order valence-electron chi connectivity index (χ0n) is 9.67. The van der Waals surface area contributed by atoms with Crippen LogP contribution in [-0.2, 0) is 6.54 Å². The lowest BCUT2D eigenvalue weighted by Gasteiger charge is -2.19. The number of nitrogens with zero attached hydrogens (tertiary/aromatic N) is 1. The van der Waals surface area contributed by atoms with Crippen LogP contribution in [0.15, 0.2) is 18.2 Å². The number of hydrogen-bond donors (Lipinski definition) is 1. The number of benzene rings is 1. The minimum atomic E-state index is -0.229. The van der Waals surface area contributed by atoms with Crippen LogP contribution in [0.4, 0.5) is 4.39 Å². The highest BCUT2D eigenvalue weighted by molar-refractivity contribution is 7.18. The van der Waals surface area contributed by atoms with Gasteiger partial charge in [-0.05, 0) is 32.9 Å². The summed E-state index contributed by atoms with van der Waals surface area (Å²) in [6, 6.07) is 4.73. The zero-order chi connectivity index (χ0) is 11.8. The molecule has 16 heavy (non-hydrogen) atoms. The first kappa shape index (κ1) is 11.5. The lowest BCUT2D eigenvalue weighted by molar-refractivity contribution is 0.424. The number of aromatic nitrogens is 1. The van der Waals surface area contributed by atoms with Crippen LogP contribution in [0.25, 0.3) is 10.2 Å². The van der Waals surface area contributed by atoms with Crippen molar-refractivity contribution in [2.75, 3.05) is 0 Å². The van der Waals surface area contributed by atoms with Crippen molar-refractivity contribution in [2.24, 2.45) is 0 Å². The smallest absolute Gasteiger partial charge is 0.125 e. The Kier molecular flexibility index (Phi) is 2.95. The molecule has 0 amide bonds. The minimum Gasteiger partial charge on any atom is -0.306 e. The Morgan fingerprint density at radius 3 is 2.81 bits per heavy atom. The largest absolute Gasteiger partial charge is 0.306 e. The SMILES string of the molecule is CC(C)(C)NCc1nc2cc(F)ccc2s1. The molecule has 86 valence electrons. The molecule has 2 nitrogen and oxygen atoms in total. The Labute approximate surface area is 98.5 Å². The van der Waals surface area contributed by atoms with Gasteiger partial charge in [0.15, 0.2) is 0 Å². The summed E-state index contributed by atoms with van der Waals surface area (Å²) in [5.41, 5.74) is 0.819. The quantitative estimate of drug-likeness (QED) is 0.868. The van der Waals surface area contributed by atoms with Gasteiger partial charge in [0.1, 0.15) is 10.8 Å². The Balaban J connectivity index is 2.20. The molecule has 0 unspecified atom stereocenters. The molecule has 0 aliphatic heterocycles. The molecule has 1 aromatic heterocycles. The molecule has 0 radical (unpaired) electrons. The van der Waals surface area contributed by atoms with Crippen molar-refractivity contribution in [1.29, 1.82) is 0 Å². The average molecular weight is 238 g/mol. The molecule has 0 atom stereocenters. The predicted molar refractivity (Wildman–Crippen MR) is 66.2 cm³/mol. The number of hydrogen-bond acceptors (Lipinski definition) is 3. The third-order valence-corrected chi connectivity index (χ3v) is 3.20. The van der Waals surface area contributed by atoms with E-state index in [1.165, 1.54) is 12.1 Å². The van der Waals surface area contributed by atoms with Crippen LogP contribution in [0.2, 0.25) is 0 Å². The Bertz CT molecular complexity index is 499. The molecular formula is C12H15FN2S. The van der Waals surface area contributed by atoms with Crippen LogP contribution in [-0.4, -0.2) is 10.5 Å². The summed E-state index contributed by atoms with van der Waals surface area (Å²) in [5, 5.41) is 4.36. The van der Waals surface area contributed by atoms with E-state index in [0.717, 1.165) is 21.8 Å². The summed E-state index contributed by atoms with van der Waals surface area (Å²) in [5.74, 6) is -0.229. The Hall–Kier alpha value is -1.00. The molecule has 0 bridgehead atoms. The summed E-state index contributed by atoms with van der Waals surface area (Å²) in [6.45, 7) is 7.06. The van der Waals surface area contributed by atoms with E-state index >= 15 is 0 Å². The van der Waals surface area contributed by atoms with Gasteiger partial charge in [-0.3, -0.25) is 0 Å². The maximum atomic E-state index is 13.0. The van der Waals surface area contributed by atoms with Crippen molar-refractivity contribution < 1.29 is 4.39 Å². The summed E-state index contributed by atoms with van der Waals surface area (Å²) >= 11 is 1.61. The van der Waals surface area contributed by atoms with Gasteiger partial charge in [-0.2, -0.15) is 0 Å². The summed E-state index contributed by atoms with van der Waals surface area (Å²) in [6.07, 6.45) is 0. The molecule has 0 fully saturated rings. The first-order valence-corrected chi connectivity index (χ1v) is 6.06. The van der Waals surface area contributed by atoms with E-state index in [9.17, 15) is 4.39 Å². The molecule has 4 heteroatoms. The van der Waals surface area contributed by atoms with Gasteiger partial charge in [-0.25, -0.2) is 9.37 Å². The highest BCUT2D eigenvalue weighted by Crippen LogP contribution is 2.22. The molecule has 1 heterocycles. The second-order valence-electron chi connectivity index (χ2n) is 4.82. The minimum absolute atomic E-state index is 0.0725. The Morgan fingerprint density at radius 2 is 2.12 bits per heavy atom. The zero-order valence-corrected chi connectivity index (χ0v) is 10.5. The van der Waals surface area contributed by atoms with Gasteiger partial charge >= 0.3 is 0 Å². The van der Waals surface area contributed by atoms with Crippen molar-refractivity contribution in [3.05, 3.63) is 29.0 Å². The maximum Gasteiger partial charge on any atom is 0.125 e. The third-order valence-electron chi connectivity index (χ3n) is 2.16. The molecule has 1 N–H and O–H groups in total. The molecule has 0 aliphatic rings. The van der Waals surface area contributed by atoms with Crippen LogP contribution < -0.4 is 5.32 Å². The maximum absolute atomic E-state index is 13.0. The van der Waals surface area contributed by atoms with Gasteiger partial charge in [0, 0.05) is 18.2 Å². The molecule has 1 aromatic carbocycles. The molecular weight excluding hydrogens is 223 g/mol. The van der Waals surface area contributed by atoms with Crippen LogP contribution >= 0.6 is 11.3 Å². The van der Waals surface area contributed by atoms with Gasteiger partial charge in [-0.15, -0.1) is 11.3 Å². The molecule has 0 saturated heterocycles. The lowest BCUT2D eigenvalue weighted by Crippen LogP contribution is -2.34. The van der Waals surface area contributed by atoms with Crippen molar-refractivity contribution in [3.8, 4) is 0 Å². The number of rotatable bonds is 2. The Morgan fingerprint density at radius 1 is 1.38 bits per heavy atom. The lowest BCUT2D eigenvalue weighted by atomic mass is 10.1.